The van der Waals surface area contributed by atoms with Crippen LogP contribution in [0.5, 0.6) is 0 Å². The third kappa shape index (κ3) is 7.32. The van der Waals surface area contributed by atoms with Gasteiger partial charge in [0.2, 0.25) is 0 Å². The maximum absolute atomic E-state index is 14.8. The second kappa shape index (κ2) is 11.7. The summed E-state index contributed by atoms with van der Waals surface area (Å²) in [5, 5.41) is 0. The van der Waals surface area contributed by atoms with Crippen LogP contribution < -0.4 is 5.69 Å². The quantitative estimate of drug-likeness (QED) is 0.297. The Bertz CT molecular complexity index is 1210. The SMILES string of the molecule is Cn1c(=O)n(COCC[Si](C)(C)C)c2cccc([C@H]3C[C@H](CO[C@@H]4CCN(C(=O)OC(C)(C)C)C[C@@H]4F)C3)c21. The third-order valence-corrected chi connectivity index (χ3v) is 9.47. The van der Waals surface area contributed by atoms with Gasteiger partial charge in [-0.3, -0.25) is 9.13 Å². The third-order valence-electron chi connectivity index (χ3n) is 7.76. The van der Waals surface area contributed by atoms with Crippen LogP contribution in [0.4, 0.5) is 9.18 Å². The summed E-state index contributed by atoms with van der Waals surface area (Å²) >= 11 is 0. The molecule has 1 aromatic heterocycles. The van der Waals surface area contributed by atoms with E-state index in [1.54, 1.807) is 29.9 Å². The van der Waals surface area contributed by atoms with Gasteiger partial charge < -0.3 is 19.1 Å². The van der Waals surface area contributed by atoms with E-state index in [1.165, 1.54) is 10.5 Å². The summed E-state index contributed by atoms with van der Waals surface area (Å²) in [6, 6.07) is 7.19. The molecule has 4 rings (SSSR count). The van der Waals surface area contributed by atoms with Crippen LogP contribution in [0.2, 0.25) is 25.7 Å². The van der Waals surface area contributed by atoms with E-state index in [-0.39, 0.29) is 19.0 Å². The molecule has 10 heteroatoms. The molecule has 0 N–H and O–H groups in total. The number of aryl methyl sites for hydroxylation is 1. The van der Waals surface area contributed by atoms with Crippen LogP contribution in [0.1, 0.15) is 51.5 Å². The summed E-state index contributed by atoms with van der Waals surface area (Å²) < 4.78 is 35.6. The number of piperidine rings is 1. The first-order valence-corrected chi connectivity index (χ1v) is 17.9. The summed E-state index contributed by atoms with van der Waals surface area (Å²) in [5.74, 6) is 0.692. The summed E-state index contributed by atoms with van der Waals surface area (Å²) in [6.45, 7) is 14.2. The van der Waals surface area contributed by atoms with Gasteiger partial charge in [-0.05, 0) is 69.5 Å². The minimum absolute atomic E-state index is 0.00173. The van der Waals surface area contributed by atoms with Crippen molar-refractivity contribution in [1.82, 2.24) is 14.0 Å². The van der Waals surface area contributed by atoms with Crippen molar-refractivity contribution in [2.45, 2.75) is 96.2 Å². The number of amides is 1. The van der Waals surface area contributed by atoms with E-state index in [0.717, 1.165) is 29.9 Å². The molecule has 2 aromatic rings. The number of fused-ring (bicyclic) bond motifs is 1. The summed E-state index contributed by atoms with van der Waals surface area (Å²) in [6.07, 6.45) is 0.157. The lowest BCUT2D eigenvalue weighted by atomic mass is 9.71. The fourth-order valence-electron chi connectivity index (χ4n) is 5.45. The highest BCUT2D eigenvalue weighted by molar-refractivity contribution is 6.76. The maximum atomic E-state index is 14.8. The molecule has 0 radical (unpaired) electrons. The standard InChI is InChI=1S/C29H46FN3O5Si/c1-29(2,3)38-28(35)32-12-11-25(23(30)17-32)37-18-20-15-21(16-20)22-9-8-10-24-26(22)31(4)27(34)33(24)19-36-13-14-39(5,6)7/h8-10,20-21,23,25H,11-19H2,1-7H3/t20-,21-,23-,25+/m0/s1. The van der Waals surface area contributed by atoms with Crippen molar-refractivity contribution in [2.24, 2.45) is 13.0 Å². The zero-order valence-electron chi connectivity index (χ0n) is 24.7. The lowest BCUT2D eigenvalue weighted by molar-refractivity contribution is -0.0693. The van der Waals surface area contributed by atoms with E-state index < -0.39 is 32.0 Å². The highest BCUT2D eigenvalue weighted by Gasteiger charge is 2.37. The number of alkyl halides is 1. The fraction of sp³-hybridized carbons (Fsp3) is 0.724. The van der Waals surface area contributed by atoms with Crippen molar-refractivity contribution in [2.75, 3.05) is 26.3 Å². The Balaban J connectivity index is 1.30. The minimum Gasteiger partial charge on any atom is -0.444 e. The van der Waals surface area contributed by atoms with Gasteiger partial charge in [0.25, 0.3) is 0 Å². The van der Waals surface area contributed by atoms with Crippen LogP contribution in [-0.2, 0) is 28.0 Å². The zero-order chi connectivity index (χ0) is 28.5. The van der Waals surface area contributed by atoms with E-state index in [1.807, 2.05) is 19.2 Å². The Kier molecular flexibility index (Phi) is 8.97. The maximum Gasteiger partial charge on any atom is 0.410 e. The van der Waals surface area contributed by atoms with E-state index >= 15 is 0 Å². The van der Waals surface area contributed by atoms with Crippen LogP contribution in [-0.4, -0.2) is 72.4 Å². The number of nitrogens with zero attached hydrogens (tertiary/aromatic N) is 3. The molecule has 1 saturated carbocycles. The molecule has 2 aliphatic rings. The Hall–Kier alpha value is -2.17. The predicted molar refractivity (Wildman–Crippen MR) is 154 cm³/mol. The first-order chi connectivity index (χ1) is 18.2. The van der Waals surface area contributed by atoms with Crippen LogP contribution in [0.25, 0.3) is 11.0 Å². The van der Waals surface area contributed by atoms with E-state index in [9.17, 15) is 14.0 Å². The Labute approximate surface area is 232 Å². The molecule has 2 heterocycles. The second-order valence-corrected chi connectivity index (χ2v) is 19.1. The number of halogens is 1. The highest BCUT2D eigenvalue weighted by Crippen LogP contribution is 2.44. The molecular formula is C29H46FN3O5Si. The molecular weight excluding hydrogens is 517 g/mol. The van der Waals surface area contributed by atoms with Crippen molar-refractivity contribution in [3.8, 4) is 0 Å². The molecule has 1 saturated heterocycles. The normalized spacial score (nSPS) is 24.2. The monoisotopic (exact) mass is 563 g/mol. The Morgan fingerprint density at radius 2 is 1.90 bits per heavy atom. The first kappa shape index (κ1) is 29.8. The average Bonchev–Trinajstić information content (AvgIpc) is 3.05. The number of ether oxygens (including phenoxy) is 3. The number of aromatic nitrogens is 2. The number of carbonyl (C=O) groups is 1. The highest BCUT2D eigenvalue weighted by atomic mass is 28.3. The fourth-order valence-corrected chi connectivity index (χ4v) is 6.21. The van der Waals surface area contributed by atoms with Gasteiger partial charge in [0.1, 0.15) is 18.5 Å². The van der Waals surface area contributed by atoms with E-state index in [0.29, 0.717) is 38.0 Å². The molecule has 2 atom stereocenters. The summed E-state index contributed by atoms with van der Waals surface area (Å²) in [5.41, 5.74) is 2.40. The molecule has 1 aliphatic carbocycles. The van der Waals surface area contributed by atoms with Crippen molar-refractivity contribution in [3.63, 3.8) is 0 Å². The smallest absolute Gasteiger partial charge is 0.410 e. The van der Waals surface area contributed by atoms with E-state index in [4.69, 9.17) is 14.2 Å². The molecule has 0 spiro atoms. The van der Waals surface area contributed by atoms with Gasteiger partial charge in [-0.15, -0.1) is 0 Å². The molecule has 8 nitrogen and oxygen atoms in total. The van der Waals surface area contributed by atoms with Gasteiger partial charge in [0.05, 0.1) is 23.7 Å². The van der Waals surface area contributed by atoms with Crippen LogP contribution in [0, 0.1) is 5.92 Å². The number of benzene rings is 1. The van der Waals surface area contributed by atoms with Gasteiger partial charge >= 0.3 is 11.8 Å². The summed E-state index contributed by atoms with van der Waals surface area (Å²) in [4.78, 5) is 26.7. The minimum atomic E-state index is -1.22. The van der Waals surface area contributed by atoms with Crippen LogP contribution >= 0.6 is 0 Å². The molecule has 39 heavy (non-hydrogen) atoms. The first-order valence-electron chi connectivity index (χ1n) is 14.2. The van der Waals surface area contributed by atoms with E-state index in [2.05, 4.69) is 25.7 Å². The van der Waals surface area contributed by atoms with Crippen LogP contribution in [0.15, 0.2) is 23.0 Å². The van der Waals surface area contributed by atoms with Gasteiger partial charge in [-0.1, -0.05) is 31.8 Å². The topological polar surface area (TPSA) is 74.9 Å². The van der Waals surface area contributed by atoms with Gasteiger partial charge in [-0.2, -0.15) is 0 Å². The zero-order valence-corrected chi connectivity index (χ0v) is 25.7. The van der Waals surface area contributed by atoms with Gasteiger partial charge in [0.15, 0.2) is 0 Å². The lowest BCUT2D eigenvalue weighted by Crippen LogP contribution is -2.50. The molecule has 218 valence electrons. The average molecular weight is 564 g/mol. The van der Waals surface area contributed by atoms with Crippen molar-refractivity contribution < 1.29 is 23.4 Å². The largest absolute Gasteiger partial charge is 0.444 e. The number of hydrogen-bond acceptors (Lipinski definition) is 5. The molecule has 1 aliphatic heterocycles. The van der Waals surface area contributed by atoms with Crippen molar-refractivity contribution in [3.05, 3.63) is 34.2 Å². The Morgan fingerprint density at radius 3 is 2.54 bits per heavy atom. The second-order valence-electron chi connectivity index (χ2n) is 13.5. The number of hydrogen-bond donors (Lipinski definition) is 0. The Morgan fingerprint density at radius 1 is 1.18 bits per heavy atom. The number of rotatable bonds is 9. The molecule has 0 unspecified atom stereocenters. The van der Waals surface area contributed by atoms with Crippen molar-refractivity contribution >= 4 is 25.2 Å². The number of likely N-dealkylation sites (tertiary alicyclic amines) is 1. The summed E-state index contributed by atoms with van der Waals surface area (Å²) in [7, 11) is 0.638. The molecule has 1 aromatic carbocycles. The molecule has 2 fully saturated rings. The van der Waals surface area contributed by atoms with Gasteiger partial charge in [-0.25, -0.2) is 14.0 Å². The lowest BCUT2D eigenvalue weighted by Gasteiger charge is -2.39. The number of imidazole rings is 1. The van der Waals surface area contributed by atoms with Gasteiger partial charge in [0, 0.05) is 34.9 Å². The predicted octanol–water partition coefficient (Wildman–Crippen LogP) is 5.51. The molecule has 1 amide bonds. The number of para-hydroxylation sites is 1. The van der Waals surface area contributed by atoms with Crippen molar-refractivity contribution in [1.29, 1.82) is 0 Å². The number of carbonyl (C=O) groups excluding carboxylic acids is 1. The van der Waals surface area contributed by atoms with Crippen LogP contribution in [0.3, 0.4) is 0 Å². The molecule has 0 bridgehead atoms.